The van der Waals surface area contributed by atoms with E-state index in [-0.39, 0.29) is 23.9 Å². The van der Waals surface area contributed by atoms with E-state index >= 15 is 0 Å². The minimum absolute atomic E-state index is 0.0935. The van der Waals surface area contributed by atoms with E-state index in [1.54, 1.807) is 11.3 Å². The highest BCUT2D eigenvalue weighted by Crippen LogP contribution is 2.25. The Bertz CT molecular complexity index is 967. The lowest BCUT2D eigenvalue weighted by atomic mass is 10.0. The largest absolute Gasteiger partial charge is 0.347 e. The van der Waals surface area contributed by atoms with E-state index in [0.29, 0.717) is 11.4 Å². The van der Waals surface area contributed by atoms with Crippen molar-refractivity contribution < 1.29 is 9.18 Å². The fourth-order valence-corrected chi connectivity index (χ4v) is 3.64. The topological polar surface area (TPSA) is 64.0 Å². The van der Waals surface area contributed by atoms with Gasteiger partial charge in [0.2, 0.25) is 5.91 Å². The molecule has 0 radical (unpaired) electrons. The first-order chi connectivity index (χ1) is 12.4. The van der Waals surface area contributed by atoms with Gasteiger partial charge in [0.1, 0.15) is 12.4 Å². The second-order valence-corrected chi connectivity index (χ2v) is 7.58. The Hall–Kier alpha value is -2.54. The fourth-order valence-electron chi connectivity index (χ4n) is 2.85. The van der Waals surface area contributed by atoms with Crippen LogP contribution >= 0.6 is 11.3 Å². The van der Waals surface area contributed by atoms with Gasteiger partial charge in [0.25, 0.3) is 5.56 Å². The Morgan fingerprint density at radius 3 is 2.85 bits per heavy atom. The van der Waals surface area contributed by atoms with Crippen molar-refractivity contribution in [3.63, 3.8) is 0 Å². The lowest BCUT2D eigenvalue weighted by Gasteiger charge is -2.20. The zero-order valence-corrected chi connectivity index (χ0v) is 15.4. The highest BCUT2D eigenvalue weighted by Gasteiger charge is 2.18. The maximum atomic E-state index is 13.4. The molecular weight excluding hydrogens is 353 g/mol. The van der Waals surface area contributed by atoms with Crippen LogP contribution in [0.4, 0.5) is 4.39 Å². The molecule has 0 aliphatic heterocycles. The summed E-state index contributed by atoms with van der Waals surface area (Å²) in [6.07, 6.45) is 2.13. The highest BCUT2D eigenvalue weighted by atomic mass is 32.1. The van der Waals surface area contributed by atoms with Crippen molar-refractivity contribution in [2.75, 3.05) is 0 Å². The molecule has 0 spiro atoms. The zero-order valence-electron chi connectivity index (χ0n) is 14.6. The van der Waals surface area contributed by atoms with Gasteiger partial charge in [-0.05, 0) is 42.0 Å². The van der Waals surface area contributed by atoms with Gasteiger partial charge in [-0.2, -0.15) is 0 Å². The van der Waals surface area contributed by atoms with Crippen molar-refractivity contribution in [1.29, 1.82) is 0 Å². The number of aromatic nitrogens is 2. The molecule has 2 aromatic heterocycles. The van der Waals surface area contributed by atoms with Crippen molar-refractivity contribution in [2.24, 2.45) is 5.92 Å². The van der Waals surface area contributed by atoms with Crippen LogP contribution in [-0.4, -0.2) is 15.5 Å². The summed E-state index contributed by atoms with van der Waals surface area (Å²) in [5.41, 5.74) is -0.0227. The molecule has 1 unspecified atom stereocenters. The molecule has 0 fully saturated rings. The van der Waals surface area contributed by atoms with Crippen LogP contribution in [0.3, 0.4) is 0 Å². The van der Waals surface area contributed by atoms with Crippen molar-refractivity contribution in [3.05, 3.63) is 63.1 Å². The number of thiophene rings is 1. The lowest BCUT2D eigenvalue weighted by molar-refractivity contribution is -0.122. The number of nitrogens with one attached hydrogen (secondary N) is 1. The van der Waals surface area contributed by atoms with Gasteiger partial charge >= 0.3 is 0 Å². The van der Waals surface area contributed by atoms with E-state index in [1.807, 2.05) is 17.5 Å². The molecule has 136 valence electrons. The first-order valence-electron chi connectivity index (χ1n) is 8.41. The van der Waals surface area contributed by atoms with Gasteiger partial charge in [-0.1, -0.05) is 19.9 Å². The van der Waals surface area contributed by atoms with E-state index in [4.69, 9.17) is 0 Å². The summed E-state index contributed by atoms with van der Waals surface area (Å²) in [4.78, 5) is 30.2. The van der Waals surface area contributed by atoms with Crippen LogP contribution in [0.25, 0.3) is 10.9 Å². The van der Waals surface area contributed by atoms with Gasteiger partial charge in [0.05, 0.1) is 23.3 Å². The zero-order chi connectivity index (χ0) is 18.7. The number of nitrogens with zero attached hydrogens (tertiary/aromatic N) is 2. The molecule has 0 saturated carbocycles. The van der Waals surface area contributed by atoms with E-state index < -0.39 is 11.4 Å². The minimum Gasteiger partial charge on any atom is -0.347 e. The number of hydrogen-bond donors (Lipinski definition) is 1. The van der Waals surface area contributed by atoms with E-state index in [1.165, 1.54) is 23.0 Å². The number of halogens is 1. The second kappa shape index (κ2) is 7.78. The molecule has 0 bridgehead atoms. The molecule has 3 aromatic rings. The Labute approximate surface area is 154 Å². The molecule has 0 saturated heterocycles. The van der Waals surface area contributed by atoms with Crippen molar-refractivity contribution in [2.45, 2.75) is 32.9 Å². The number of rotatable bonds is 6. The SMILES string of the molecule is CC(C)CC(NC(=O)Cn1cnc2ccc(F)cc2c1=O)c1cccs1. The first-order valence-corrected chi connectivity index (χ1v) is 9.29. The Balaban J connectivity index is 1.79. The molecule has 1 aromatic carbocycles. The molecule has 0 aliphatic carbocycles. The van der Waals surface area contributed by atoms with E-state index in [0.717, 1.165) is 17.4 Å². The average Bonchev–Trinajstić information content (AvgIpc) is 3.11. The number of fused-ring (bicyclic) bond motifs is 1. The molecular formula is C19H20FN3O2S. The standard InChI is InChI=1S/C19H20FN3O2S/c1-12(2)8-16(17-4-3-7-26-17)22-18(24)10-23-11-21-15-6-5-13(20)9-14(15)19(23)25/h3-7,9,11-12,16H,8,10H2,1-2H3,(H,22,24). The third-order valence-electron chi connectivity index (χ3n) is 4.03. The van der Waals surface area contributed by atoms with Gasteiger partial charge in [-0.3, -0.25) is 14.2 Å². The molecule has 2 heterocycles. The predicted octanol–water partition coefficient (Wildman–Crippen LogP) is 3.50. The van der Waals surface area contributed by atoms with Gasteiger partial charge < -0.3 is 5.32 Å². The molecule has 1 N–H and O–H groups in total. The van der Waals surface area contributed by atoms with Crippen LogP contribution in [0.2, 0.25) is 0 Å². The van der Waals surface area contributed by atoms with E-state index in [2.05, 4.69) is 24.1 Å². The number of benzene rings is 1. The molecule has 1 atom stereocenters. The van der Waals surface area contributed by atoms with E-state index in [9.17, 15) is 14.0 Å². The van der Waals surface area contributed by atoms with Crippen LogP contribution in [0, 0.1) is 11.7 Å². The summed E-state index contributed by atoms with van der Waals surface area (Å²) in [6, 6.07) is 7.70. The first kappa shape index (κ1) is 18.3. The summed E-state index contributed by atoms with van der Waals surface area (Å²) < 4.78 is 14.6. The Morgan fingerprint density at radius 2 is 2.15 bits per heavy atom. The van der Waals surface area contributed by atoms with Gasteiger partial charge in [-0.15, -0.1) is 11.3 Å². The van der Waals surface area contributed by atoms with Crippen molar-refractivity contribution in [1.82, 2.24) is 14.9 Å². The highest BCUT2D eigenvalue weighted by molar-refractivity contribution is 7.10. The summed E-state index contributed by atoms with van der Waals surface area (Å²) in [7, 11) is 0. The third-order valence-corrected chi connectivity index (χ3v) is 5.01. The average molecular weight is 373 g/mol. The van der Waals surface area contributed by atoms with Crippen LogP contribution in [0.1, 0.15) is 31.2 Å². The van der Waals surface area contributed by atoms with Crippen LogP contribution in [-0.2, 0) is 11.3 Å². The van der Waals surface area contributed by atoms with Crippen LogP contribution in [0.5, 0.6) is 0 Å². The smallest absolute Gasteiger partial charge is 0.261 e. The van der Waals surface area contributed by atoms with Crippen LogP contribution in [0.15, 0.2) is 46.8 Å². The minimum atomic E-state index is -0.506. The quantitative estimate of drug-likeness (QED) is 0.719. The summed E-state index contributed by atoms with van der Waals surface area (Å²) >= 11 is 1.59. The summed E-state index contributed by atoms with van der Waals surface area (Å²) in [5.74, 6) is -0.368. The van der Waals surface area contributed by atoms with Crippen molar-refractivity contribution >= 4 is 28.1 Å². The van der Waals surface area contributed by atoms with Gasteiger partial charge in [0.15, 0.2) is 0 Å². The molecule has 0 aliphatic rings. The van der Waals surface area contributed by atoms with Crippen molar-refractivity contribution in [3.8, 4) is 0 Å². The molecule has 26 heavy (non-hydrogen) atoms. The molecule has 7 heteroatoms. The number of carbonyl (C=O) groups is 1. The third kappa shape index (κ3) is 4.16. The number of amides is 1. The molecule has 3 rings (SSSR count). The normalized spacial score (nSPS) is 12.5. The summed E-state index contributed by atoms with van der Waals surface area (Å²) in [6.45, 7) is 4.04. The van der Waals surface area contributed by atoms with Gasteiger partial charge in [-0.25, -0.2) is 9.37 Å². The number of hydrogen-bond acceptors (Lipinski definition) is 4. The maximum absolute atomic E-state index is 13.4. The molecule has 5 nitrogen and oxygen atoms in total. The second-order valence-electron chi connectivity index (χ2n) is 6.60. The summed E-state index contributed by atoms with van der Waals surface area (Å²) in [5, 5.41) is 5.13. The molecule has 1 amide bonds. The monoisotopic (exact) mass is 373 g/mol. The fraction of sp³-hybridized carbons (Fsp3) is 0.316. The lowest BCUT2D eigenvalue weighted by Crippen LogP contribution is -2.35. The van der Waals surface area contributed by atoms with Crippen LogP contribution < -0.4 is 10.9 Å². The Morgan fingerprint density at radius 1 is 1.35 bits per heavy atom. The Kier molecular flexibility index (Phi) is 5.46. The van der Waals surface area contributed by atoms with Gasteiger partial charge in [0, 0.05) is 4.88 Å². The predicted molar refractivity (Wildman–Crippen MR) is 101 cm³/mol. The number of carbonyl (C=O) groups excluding carboxylic acids is 1. The maximum Gasteiger partial charge on any atom is 0.261 e.